The van der Waals surface area contributed by atoms with Crippen LogP contribution in [-0.2, 0) is 0 Å². The molecule has 1 atom stereocenters. The molecule has 0 spiro atoms. The summed E-state index contributed by atoms with van der Waals surface area (Å²) in [5.74, 6) is 3.38. The Hall–Kier alpha value is -1.03. The number of nitrogens with one attached hydrogen (secondary N) is 1. The van der Waals surface area contributed by atoms with Gasteiger partial charge in [0.15, 0.2) is 0 Å². The fourth-order valence-electron chi connectivity index (χ4n) is 1.59. The lowest BCUT2D eigenvalue weighted by Gasteiger charge is -2.15. The van der Waals surface area contributed by atoms with Gasteiger partial charge in [-0.25, -0.2) is 4.98 Å². The van der Waals surface area contributed by atoms with Crippen LogP contribution in [0.15, 0.2) is 6.07 Å². The maximum Gasteiger partial charge on any atom is 0.218 e. The summed E-state index contributed by atoms with van der Waals surface area (Å²) in [7, 11) is 1.61. The highest BCUT2D eigenvalue weighted by molar-refractivity contribution is 6.17. The Morgan fingerprint density at radius 1 is 1.47 bits per heavy atom. The van der Waals surface area contributed by atoms with Crippen LogP contribution in [0.2, 0.25) is 0 Å². The quantitative estimate of drug-likeness (QED) is 0.763. The van der Waals surface area contributed by atoms with E-state index in [1.807, 2.05) is 6.92 Å². The van der Waals surface area contributed by atoms with E-state index in [-0.39, 0.29) is 0 Å². The Labute approximate surface area is 108 Å². The van der Waals surface area contributed by atoms with E-state index < -0.39 is 0 Å². The molecule has 0 aliphatic carbocycles. The van der Waals surface area contributed by atoms with Crippen molar-refractivity contribution >= 4 is 17.4 Å². The van der Waals surface area contributed by atoms with Crippen molar-refractivity contribution in [3.8, 4) is 5.88 Å². The molecule has 0 radical (unpaired) electrons. The molecule has 0 aliphatic rings. The van der Waals surface area contributed by atoms with Crippen molar-refractivity contribution in [3.05, 3.63) is 11.9 Å². The molecule has 0 aromatic carbocycles. The van der Waals surface area contributed by atoms with Gasteiger partial charge in [0.2, 0.25) is 5.88 Å². The highest BCUT2D eigenvalue weighted by atomic mass is 35.5. The van der Waals surface area contributed by atoms with Crippen LogP contribution in [0, 0.1) is 12.8 Å². The SMILES string of the molecule is CCC(CCCl)CNc1cc(OC)nc(C)n1. The van der Waals surface area contributed by atoms with E-state index in [0.717, 1.165) is 25.2 Å². The van der Waals surface area contributed by atoms with Gasteiger partial charge in [0.1, 0.15) is 11.6 Å². The molecule has 1 aromatic rings. The number of alkyl halides is 1. The van der Waals surface area contributed by atoms with Gasteiger partial charge in [-0.15, -0.1) is 11.6 Å². The number of methoxy groups -OCH3 is 1. The predicted octanol–water partition coefficient (Wildman–Crippen LogP) is 2.86. The maximum absolute atomic E-state index is 5.76. The third kappa shape index (κ3) is 4.77. The van der Waals surface area contributed by atoms with Gasteiger partial charge in [-0.2, -0.15) is 4.98 Å². The molecule has 0 bridgehead atoms. The third-order valence-electron chi connectivity index (χ3n) is 2.69. The van der Waals surface area contributed by atoms with Crippen LogP contribution >= 0.6 is 11.6 Å². The molecule has 0 saturated heterocycles. The molecule has 0 saturated carbocycles. The molecule has 1 N–H and O–H groups in total. The zero-order valence-electron chi connectivity index (χ0n) is 10.7. The normalized spacial score (nSPS) is 12.2. The number of nitrogens with zero attached hydrogens (tertiary/aromatic N) is 2. The van der Waals surface area contributed by atoms with Crippen molar-refractivity contribution in [1.29, 1.82) is 0 Å². The molecule has 1 heterocycles. The van der Waals surface area contributed by atoms with Crippen LogP contribution in [0.25, 0.3) is 0 Å². The van der Waals surface area contributed by atoms with E-state index in [1.165, 1.54) is 0 Å². The Balaban J connectivity index is 2.58. The Morgan fingerprint density at radius 3 is 2.82 bits per heavy atom. The summed E-state index contributed by atoms with van der Waals surface area (Å²) in [6.07, 6.45) is 2.13. The van der Waals surface area contributed by atoms with Crippen LogP contribution in [-0.4, -0.2) is 29.5 Å². The first-order chi connectivity index (χ1) is 8.19. The van der Waals surface area contributed by atoms with Gasteiger partial charge in [-0.1, -0.05) is 13.3 Å². The Morgan fingerprint density at radius 2 is 2.24 bits per heavy atom. The molecule has 5 heteroatoms. The second-order valence-corrected chi connectivity index (χ2v) is 4.35. The second kappa shape index (κ2) is 7.33. The first-order valence-corrected chi connectivity index (χ1v) is 6.42. The Kier molecular flexibility index (Phi) is 6.05. The summed E-state index contributed by atoms with van der Waals surface area (Å²) in [5.41, 5.74) is 0. The molecule has 0 aliphatic heterocycles. The topological polar surface area (TPSA) is 47.0 Å². The fourth-order valence-corrected chi connectivity index (χ4v) is 1.90. The number of halogens is 1. The minimum atomic E-state index is 0.578. The molecule has 1 rings (SSSR count). The maximum atomic E-state index is 5.76. The van der Waals surface area contributed by atoms with Gasteiger partial charge < -0.3 is 10.1 Å². The molecule has 96 valence electrons. The number of ether oxygens (including phenoxy) is 1. The van der Waals surface area contributed by atoms with Crippen LogP contribution in [0.4, 0.5) is 5.82 Å². The predicted molar refractivity (Wildman–Crippen MR) is 70.9 cm³/mol. The summed E-state index contributed by atoms with van der Waals surface area (Å²) in [6.45, 7) is 4.90. The van der Waals surface area contributed by atoms with Crippen molar-refractivity contribution in [3.63, 3.8) is 0 Å². The standard InChI is InChI=1S/C12H20ClN3O/c1-4-10(5-6-13)8-14-11-7-12(17-3)16-9(2)15-11/h7,10H,4-6,8H2,1-3H3,(H,14,15,16). The number of anilines is 1. The van der Waals surface area contributed by atoms with Crippen LogP contribution in [0.3, 0.4) is 0 Å². The van der Waals surface area contributed by atoms with Crippen LogP contribution < -0.4 is 10.1 Å². The highest BCUT2D eigenvalue weighted by Gasteiger charge is 2.07. The smallest absolute Gasteiger partial charge is 0.218 e. The lowest BCUT2D eigenvalue weighted by atomic mass is 10.0. The van der Waals surface area contributed by atoms with Gasteiger partial charge in [0.25, 0.3) is 0 Å². The third-order valence-corrected chi connectivity index (χ3v) is 2.91. The van der Waals surface area contributed by atoms with E-state index in [2.05, 4.69) is 22.2 Å². The zero-order valence-corrected chi connectivity index (χ0v) is 11.4. The molecule has 1 aromatic heterocycles. The molecule has 17 heavy (non-hydrogen) atoms. The minimum Gasteiger partial charge on any atom is -0.481 e. The van der Waals surface area contributed by atoms with E-state index in [9.17, 15) is 0 Å². The average Bonchev–Trinajstić information content (AvgIpc) is 2.33. The van der Waals surface area contributed by atoms with Crippen LogP contribution in [0.1, 0.15) is 25.6 Å². The molecule has 4 nitrogen and oxygen atoms in total. The number of aryl methyl sites for hydroxylation is 1. The van der Waals surface area contributed by atoms with Gasteiger partial charge in [0.05, 0.1) is 7.11 Å². The van der Waals surface area contributed by atoms with Gasteiger partial charge in [-0.3, -0.25) is 0 Å². The summed E-state index contributed by atoms with van der Waals surface area (Å²) in [5, 5.41) is 3.31. The fraction of sp³-hybridized carbons (Fsp3) is 0.667. The van der Waals surface area contributed by atoms with Crippen molar-refractivity contribution in [2.45, 2.75) is 26.7 Å². The van der Waals surface area contributed by atoms with Gasteiger partial charge in [0, 0.05) is 18.5 Å². The van der Waals surface area contributed by atoms with Crippen molar-refractivity contribution in [2.24, 2.45) is 5.92 Å². The number of rotatable bonds is 7. The molecule has 0 amide bonds. The number of aromatic nitrogens is 2. The summed E-state index contributed by atoms with van der Waals surface area (Å²) in [4.78, 5) is 8.45. The largest absolute Gasteiger partial charge is 0.481 e. The average molecular weight is 258 g/mol. The number of hydrogen-bond donors (Lipinski definition) is 1. The first-order valence-electron chi connectivity index (χ1n) is 5.89. The van der Waals surface area contributed by atoms with Crippen molar-refractivity contribution < 1.29 is 4.74 Å². The van der Waals surface area contributed by atoms with Crippen LogP contribution in [0.5, 0.6) is 5.88 Å². The lowest BCUT2D eigenvalue weighted by Crippen LogP contribution is -2.15. The van der Waals surface area contributed by atoms with Gasteiger partial charge in [-0.05, 0) is 19.3 Å². The zero-order chi connectivity index (χ0) is 12.7. The highest BCUT2D eigenvalue weighted by Crippen LogP contribution is 2.15. The monoisotopic (exact) mass is 257 g/mol. The molecule has 0 fully saturated rings. The molecular formula is C12H20ClN3O. The molecular weight excluding hydrogens is 238 g/mol. The number of hydrogen-bond acceptors (Lipinski definition) is 4. The van der Waals surface area contributed by atoms with Crippen molar-refractivity contribution in [2.75, 3.05) is 24.9 Å². The van der Waals surface area contributed by atoms with Gasteiger partial charge >= 0.3 is 0 Å². The van der Waals surface area contributed by atoms with E-state index in [1.54, 1.807) is 13.2 Å². The van der Waals surface area contributed by atoms with E-state index in [0.29, 0.717) is 23.5 Å². The second-order valence-electron chi connectivity index (χ2n) is 3.98. The first kappa shape index (κ1) is 14.0. The minimum absolute atomic E-state index is 0.578. The molecule has 1 unspecified atom stereocenters. The summed E-state index contributed by atoms with van der Waals surface area (Å²) in [6, 6.07) is 1.81. The summed E-state index contributed by atoms with van der Waals surface area (Å²) < 4.78 is 5.10. The lowest BCUT2D eigenvalue weighted by molar-refractivity contribution is 0.395. The van der Waals surface area contributed by atoms with E-state index >= 15 is 0 Å². The van der Waals surface area contributed by atoms with E-state index in [4.69, 9.17) is 16.3 Å². The van der Waals surface area contributed by atoms with Crippen molar-refractivity contribution in [1.82, 2.24) is 9.97 Å². The summed E-state index contributed by atoms with van der Waals surface area (Å²) >= 11 is 5.76. The Bertz CT molecular complexity index is 347.